The molecule has 0 saturated carbocycles. The molecule has 1 aliphatic rings. The number of benzene rings is 9. The molecule has 10 aromatic rings. The second-order valence-electron chi connectivity index (χ2n) is 15.7. The van der Waals surface area contributed by atoms with E-state index in [4.69, 9.17) is 0 Å². The average Bonchev–Trinajstić information content (AvgIpc) is 3.72. The summed E-state index contributed by atoms with van der Waals surface area (Å²) in [6.07, 6.45) is 0. The van der Waals surface area contributed by atoms with E-state index in [1.807, 2.05) is 0 Å². The first-order valence-corrected chi connectivity index (χ1v) is 19.9. The molecule has 2 nitrogen and oxygen atoms in total. The topological polar surface area (TPSA) is 8.17 Å². The Bertz CT molecular complexity index is 3120. The first kappa shape index (κ1) is 33.2. The zero-order valence-electron chi connectivity index (χ0n) is 32.0. The van der Waals surface area contributed by atoms with Crippen LogP contribution in [0.4, 0.5) is 17.1 Å². The Labute approximate surface area is 333 Å². The van der Waals surface area contributed by atoms with Crippen molar-refractivity contribution in [1.82, 2.24) is 4.57 Å². The lowest BCUT2D eigenvalue weighted by molar-refractivity contribution is 0.666. The van der Waals surface area contributed by atoms with Crippen molar-refractivity contribution in [2.75, 3.05) is 4.90 Å². The quantitative estimate of drug-likeness (QED) is 0.165. The molecule has 0 atom stereocenters. The van der Waals surface area contributed by atoms with Crippen molar-refractivity contribution in [1.29, 1.82) is 0 Å². The molecule has 0 N–H and O–H groups in total. The predicted molar refractivity (Wildman–Crippen MR) is 241 cm³/mol. The van der Waals surface area contributed by atoms with Crippen LogP contribution in [-0.4, -0.2) is 4.57 Å². The van der Waals surface area contributed by atoms with Crippen LogP contribution in [0.2, 0.25) is 0 Å². The number of rotatable bonds is 6. The van der Waals surface area contributed by atoms with E-state index in [2.05, 4.69) is 230 Å². The molecule has 57 heavy (non-hydrogen) atoms. The molecule has 0 unspecified atom stereocenters. The SMILES string of the molecule is CC1(C)c2ccccc2-c2ccc3cccc(-c4ccc(N(c5ccc(-c6ccccc6)cc5)c5ccc6c7ccccc7n(-c7ccccc7)c6c5)cc4)c3c21. The predicted octanol–water partition coefficient (Wildman–Crippen LogP) is 15.0. The molecule has 0 amide bonds. The van der Waals surface area contributed by atoms with E-state index in [-0.39, 0.29) is 5.41 Å². The summed E-state index contributed by atoms with van der Waals surface area (Å²) in [7, 11) is 0. The minimum absolute atomic E-state index is 0.106. The molecule has 270 valence electrons. The van der Waals surface area contributed by atoms with Gasteiger partial charge in [0.2, 0.25) is 0 Å². The van der Waals surface area contributed by atoms with Crippen LogP contribution in [0.5, 0.6) is 0 Å². The summed E-state index contributed by atoms with van der Waals surface area (Å²) in [4.78, 5) is 2.39. The normalized spacial score (nSPS) is 12.9. The third-order valence-electron chi connectivity index (χ3n) is 12.2. The van der Waals surface area contributed by atoms with Crippen LogP contribution in [0.1, 0.15) is 25.0 Å². The van der Waals surface area contributed by atoms with Gasteiger partial charge in [-0.25, -0.2) is 0 Å². The monoisotopic (exact) mass is 728 g/mol. The Morgan fingerprint density at radius 2 is 1.00 bits per heavy atom. The summed E-state index contributed by atoms with van der Waals surface area (Å²) in [5.74, 6) is 0. The van der Waals surface area contributed by atoms with Crippen LogP contribution < -0.4 is 4.90 Å². The molecular formula is C55H40N2. The van der Waals surface area contributed by atoms with Crippen molar-refractivity contribution < 1.29 is 0 Å². The summed E-state index contributed by atoms with van der Waals surface area (Å²) in [5.41, 5.74) is 17.1. The van der Waals surface area contributed by atoms with Gasteiger partial charge in [-0.2, -0.15) is 0 Å². The molecule has 1 aliphatic carbocycles. The highest BCUT2D eigenvalue weighted by Gasteiger charge is 2.37. The summed E-state index contributed by atoms with van der Waals surface area (Å²) in [6, 6.07) is 75.5. The smallest absolute Gasteiger partial charge is 0.0561 e. The maximum atomic E-state index is 2.40. The van der Waals surface area contributed by atoms with E-state index in [0.29, 0.717) is 0 Å². The van der Waals surface area contributed by atoms with Gasteiger partial charge in [-0.05, 0) is 110 Å². The number of fused-ring (bicyclic) bond motifs is 8. The standard InChI is InChI=1S/C55H40N2/c1-55(2)50-22-11-9-19-46(50)49-34-28-40-16-13-21-45(53(40)54(49)55)39-26-31-43(32-27-39)56(42-29-24-38(25-30-42)37-14-5-3-6-15-37)44-33-35-48-47-20-10-12-23-51(47)57(52(48)36-44)41-17-7-4-8-18-41/h3-36H,1-2H3. The highest BCUT2D eigenvalue weighted by molar-refractivity contribution is 6.10. The van der Waals surface area contributed by atoms with Gasteiger partial charge in [-0.3, -0.25) is 0 Å². The molecule has 2 heteroatoms. The van der Waals surface area contributed by atoms with Gasteiger partial charge >= 0.3 is 0 Å². The Morgan fingerprint density at radius 3 is 1.77 bits per heavy atom. The summed E-state index contributed by atoms with van der Waals surface area (Å²) in [6.45, 7) is 4.76. The second kappa shape index (κ2) is 13.0. The fraction of sp³-hybridized carbons (Fsp3) is 0.0545. The van der Waals surface area contributed by atoms with E-state index < -0.39 is 0 Å². The van der Waals surface area contributed by atoms with Gasteiger partial charge in [0.05, 0.1) is 11.0 Å². The molecular weight excluding hydrogens is 689 g/mol. The first-order chi connectivity index (χ1) is 28.0. The van der Waals surface area contributed by atoms with E-state index in [1.54, 1.807) is 0 Å². The molecule has 0 saturated heterocycles. The van der Waals surface area contributed by atoms with E-state index >= 15 is 0 Å². The second-order valence-corrected chi connectivity index (χ2v) is 15.7. The minimum atomic E-state index is -0.106. The molecule has 11 rings (SSSR count). The van der Waals surface area contributed by atoms with Crippen molar-refractivity contribution in [2.45, 2.75) is 19.3 Å². The number of anilines is 3. The number of aromatic nitrogens is 1. The van der Waals surface area contributed by atoms with Crippen molar-refractivity contribution in [3.05, 3.63) is 217 Å². The largest absolute Gasteiger partial charge is 0.310 e. The first-order valence-electron chi connectivity index (χ1n) is 19.9. The van der Waals surface area contributed by atoms with Crippen LogP contribution >= 0.6 is 0 Å². The third kappa shape index (κ3) is 5.25. The van der Waals surface area contributed by atoms with E-state index in [0.717, 1.165) is 22.7 Å². The van der Waals surface area contributed by atoms with Gasteiger partial charge in [-0.15, -0.1) is 0 Å². The maximum absolute atomic E-state index is 2.40. The average molecular weight is 729 g/mol. The molecule has 0 aliphatic heterocycles. The van der Waals surface area contributed by atoms with E-state index in [1.165, 1.54) is 77.1 Å². The van der Waals surface area contributed by atoms with Gasteiger partial charge < -0.3 is 9.47 Å². The highest BCUT2D eigenvalue weighted by Crippen LogP contribution is 2.53. The molecule has 0 spiro atoms. The van der Waals surface area contributed by atoms with Crippen LogP contribution in [0, 0.1) is 0 Å². The molecule has 1 aromatic heterocycles. The number of hydrogen-bond acceptors (Lipinski definition) is 1. The van der Waals surface area contributed by atoms with Crippen molar-refractivity contribution in [2.24, 2.45) is 0 Å². The van der Waals surface area contributed by atoms with Crippen LogP contribution in [0.15, 0.2) is 206 Å². The highest BCUT2D eigenvalue weighted by atomic mass is 15.1. The number of hydrogen-bond donors (Lipinski definition) is 0. The van der Waals surface area contributed by atoms with E-state index in [9.17, 15) is 0 Å². The minimum Gasteiger partial charge on any atom is -0.310 e. The van der Waals surface area contributed by atoms with Crippen LogP contribution in [-0.2, 0) is 5.41 Å². The summed E-state index contributed by atoms with van der Waals surface area (Å²) < 4.78 is 2.40. The lowest BCUT2D eigenvalue weighted by Crippen LogP contribution is -2.15. The van der Waals surface area contributed by atoms with Gasteiger partial charge in [0.1, 0.15) is 0 Å². The van der Waals surface area contributed by atoms with Gasteiger partial charge in [-0.1, -0.05) is 166 Å². The van der Waals surface area contributed by atoms with Crippen molar-refractivity contribution >= 4 is 49.6 Å². The number of para-hydroxylation sites is 2. The Hall–Kier alpha value is -7.16. The maximum Gasteiger partial charge on any atom is 0.0561 e. The fourth-order valence-electron chi connectivity index (χ4n) is 9.52. The molecule has 0 bridgehead atoms. The molecule has 9 aromatic carbocycles. The van der Waals surface area contributed by atoms with Crippen molar-refractivity contribution in [3.63, 3.8) is 0 Å². The fourth-order valence-corrected chi connectivity index (χ4v) is 9.52. The number of nitrogens with zero attached hydrogens (tertiary/aromatic N) is 2. The summed E-state index contributed by atoms with van der Waals surface area (Å²) >= 11 is 0. The van der Waals surface area contributed by atoms with Gasteiger partial charge in [0, 0.05) is 38.9 Å². The van der Waals surface area contributed by atoms with Crippen molar-refractivity contribution in [3.8, 4) is 39.1 Å². The zero-order valence-corrected chi connectivity index (χ0v) is 32.0. The Balaban J connectivity index is 1.08. The summed E-state index contributed by atoms with van der Waals surface area (Å²) in [5, 5.41) is 5.11. The Kier molecular flexibility index (Phi) is 7.55. The molecule has 1 heterocycles. The lowest BCUT2D eigenvalue weighted by atomic mass is 9.78. The van der Waals surface area contributed by atoms with Crippen LogP contribution in [0.3, 0.4) is 0 Å². The Morgan fingerprint density at radius 1 is 0.404 bits per heavy atom. The zero-order chi connectivity index (χ0) is 38.1. The molecule has 0 radical (unpaired) electrons. The van der Waals surface area contributed by atoms with Gasteiger partial charge in [0.25, 0.3) is 0 Å². The third-order valence-corrected chi connectivity index (χ3v) is 12.2. The van der Waals surface area contributed by atoms with Crippen LogP contribution in [0.25, 0.3) is 71.6 Å². The van der Waals surface area contributed by atoms with Gasteiger partial charge in [0.15, 0.2) is 0 Å². The molecule has 0 fully saturated rings. The lowest BCUT2D eigenvalue weighted by Gasteiger charge is -2.27.